The minimum absolute atomic E-state index is 0.0108. The summed E-state index contributed by atoms with van der Waals surface area (Å²) in [6, 6.07) is 1.75. The van der Waals surface area contributed by atoms with Crippen LogP contribution < -0.4 is 0 Å². The number of aryl methyl sites for hydroxylation is 1. The molecule has 1 aliphatic carbocycles. The van der Waals surface area contributed by atoms with Crippen molar-refractivity contribution in [3.8, 4) is 0 Å². The average molecular weight is 206 g/mol. The third-order valence-corrected chi connectivity index (χ3v) is 2.73. The Morgan fingerprint density at radius 3 is 2.80 bits per heavy atom. The Morgan fingerprint density at radius 2 is 2.27 bits per heavy atom. The van der Waals surface area contributed by atoms with E-state index in [1.807, 2.05) is 6.92 Å². The second-order valence-corrected chi connectivity index (χ2v) is 4.06. The highest BCUT2D eigenvalue weighted by Gasteiger charge is 2.22. The number of nitrogens with zero attached hydrogens (tertiary/aromatic N) is 2. The number of carboxylic acid groups (broad SMARTS) is 1. The van der Waals surface area contributed by atoms with E-state index in [9.17, 15) is 4.79 Å². The Balaban J connectivity index is 2.23. The van der Waals surface area contributed by atoms with Crippen LogP contribution in [0.25, 0.3) is 0 Å². The maximum absolute atomic E-state index is 10.6. The standard InChI is InChI=1S/C11H14N2O2/c1-7-5-9(6-10(14)15)13-11(12-7)8-3-2-4-8/h5,8H,2-4,6H2,1H3,(H,14,15). The number of aliphatic carboxylic acids is 1. The molecule has 1 aromatic heterocycles. The first-order chi connectivity index (χ1) is 7.15. The zero-order chi connectivity index (χ0) is 10.8. The summed E-state index contributed by atoms with van der Waals surface area (Å²) in [4.78, 5) is 19.2. The average Bonchev–Trinajstić information content (AvgIpc) is 1.96. The van der Waals surface area contributed by atoms with Crippen LogP contribution in [-0.4, -0.2) is 21.0 Å². The molecule has 0 aliphatic heterocycles. The van der Waals surface area contributed by atoms with Crippen LogP contribution >= 0.6 is 0 Å². The fourth-order valence-corrected chi connectivity index (χ4v) is 1.75. The summed E-state index contributed by atoms with van der Waals surface area (Å²) in [6.07, 6.45) is 3.49. The second-order valence-electron chi connectivity index (χ2n) is 4.06. The van der Waals surface area contributed by atoms with Crippen molar-refractivity contribution >= 4 is 5.97 Å². The molecule has 4 nitrogen and oxygen atoms in total. The van der Waals surface area contributed by atoms with Crippen molar-refractivity contribution in [1.29, 1.82) is 0 Å². The normalized spacial score (nSPS) is 16.1. The van der Waals surface area contributed by atoms with Gasteiger partial charge < -0.3 is 5.11 Å². The number of rotatable bonds is 3. The molecule has 15 heavy (non-hydrogen) atoms. The maximum atomic E-state index is 10.6. The van der Waals surface area contributed by atoms with Crippen molar-refractivity contribution in [3.63, 3.8) is 0 Å². The van der Waals surface area contributed by atoms with Crippen LogP contribution in [0.1, 0.15) is 42.4 Å². The van der Waals surface area contributed by atoms with Gasteiger partial charge in [-0.3, -0.25) is 4.79 Å². The lowest BCUT2D eigenvalue weighted by Gasteiger charge is -2.24. The quantitative estimate of drug-likeness (QED) is 0.817. The van der Waals surface area contributed by atoms with Crippen LogP contribution in [0.15, 0.2) is 6.07 Å². The summed E-state index contributed by atoms with van der Waals surface area (Å²) < 4.78 is 0. The van der Waals surface area contributed by atoms with Crippen LogP contribution in [0.2, 0.25) is 0 Å². The molecule has 1 heterocycles. The lowest BCUT2D eigenvalue weighted by Crippen LogP contribution is -2.15. The second kappa shape index (κ2) is 3.96. The molecule has 4 heteroatoms. The van der Waals surface area contributed by atoms with E-state index in [2.05, 4.69) is 9.97 Å². The van der Waals surface area contributed by atoms with Crippen LogP contribution in [0.3, 0.4) is 0 Å². The molecule has 0 unspecified atom stereocenters. The molecule has 0 saturated heterocycles. The summed E-state index contributed by atoms with van der Waals surface area (Å²) >= 11 is 0. The topological polar surface area (TPSA) is 63.1 Å². The van der Waals surface area contributed by atoms with Gasteiger partial charge in [0.1, 0.15) is 5.82 Å². The minimum Gasteiger partial charge on any atom is -0.481 e. The van der Waals surface area contributed by atoms with Gasteiger partial charge in [0.25, 0.3) is 0 Å². The molecule has 80 valence electrons. The third kappa shape index (κ3) is 2.32. The van der Waals surface area contributed by atoms with E-state index in [0.717, 1.165) is 24.4 Å². The van der Waals surface area contributed by atoms with E-state index in [1.54, 1.807) is 6.07 Å². The summed E-state index contributed by atoms with van der Waals surface area (Å²) in [5.41, 5.74) is 1.49. The number of aromatic nitrogens is 2. The van der Waals surface area contributed by atoms with E-state index in [0.29, 0.717) is 11.6 Å². The SMILES string of the molecule is Cc1cc(CC(=O)O)nc(C2CCC2)n1. The van der Waals surface area contributed by atoms with Gasteiger partial charge in [0.15, 0.2) is 0 Å². The van der Waals surface area contributed by atoms with E-state index in [4.69, 9.17) is 5.11 Å². The molecular formula is C11H14N2O2. The van der Waals surface area contributed by atoms with Crippen molar-refractivity contribution in [3.05, 3.63) is 23.3 Å². The highest BCUT2D eigenvalue weighted by molar-refractivity contribution is 5.69. The molecule has 1 saturated carbocycles. The molecule has 0 bridgehead atoms. The Labute approximate surface area is 88.4 Å². The van der Waals surface area contributed by atoms with Crippen molar-refractivity contribution in [2.45, 2.75) is 38.5 Å². The zero-order valence-electron chi connectivity index (χ0n) is 8.73. The number of carbonyl (C=O) groups is 1. The molecular weight excluding hydrogens is 192 g/mol. The van der Waals surface area contributed by atoms with Crippen molar-refractivity contribution < 1.29 is 9.90 Å². The zero-order valence-corrected chi connectivity index (χ0v) is 8.73. The first-order valence-corrected chi connectivity index (χ1v) is 5.21. The number of carboxylic acids is 1. The Kier molecular flexibility index (Phi) is 2.66. The van der Waals surface area contributed by atoms with Crippen LogP contribution in [-0.2, 0) is 11.2 Å². The van der Waals surface area contributed by atoms with Gasteiger partial charge in [0.05, 0.1) is 12.1 Å². The Morgan fingerprint density at radius 1 is 1.53 bits per heavy atom. The van der Waals surface area contributed by atoms with Crippen molar-refractivity contribution in [1.82, 2.24) is 9.97 Å². The van der Waals surface area contributed by atoms with Gasteiger partial charge in [-0.15, -0.1) is 0 Å². The lowest BCUT2D eigenvalue weighted by atomic mass is 9.85. The predicted octanol–water partition coefficient (Wildman–Crippen LogP) is 1.68. The first-order valence-electron chi connectivity index (χ1n) is 5.21. The smallest absolute Gasteiger partial charge is 0.309 e. The Hall–Kier alpha value is -1.45. The molecule has 1 fully saturated rings. The number of hydrogen-bond acceptors (Lipinski definition) is 3. The van der Waals surface area contributed by atoms with Gasteiger partial charge in [-0.1, -0.05) is 6.42 Å². The van der Waals surface area contributed by atoms with E-state index < -0.39 is 5.97 Å². The molecule has 0 radical (unpaired) electrons. The van der Waals surface area contributed by atoms with E-state index in [-0.39, 0.29) is 6.42 Å². The third-order valence-electron chi connectivity index (χ3n) is 2.73. The van der Waals surface area contributed by atoms with Gasteiger partial charge in [-0.05, 0) is 25.8 Å². The van der Waals surface area contributed by atoms with Gasteiger partial charge in [0, 0.05) is 11.6 Å². The van der Waals surface area contributed by atoms with Gasteiger partial charge in [-0.25, -0.2) is 9.97 Å². The highest BCUT2D eigenvalue weighted by Crippen LogP contribution is 2.34. The van der Waals surface area contributed by atoms with Crippen molar-refractivity contribution in [2.75, 3.05) is 0 Å². The minimum atomic E-state index is -0.840. The first kappa shape index (κ1) is 10.1. The highest BCUT2D eigenvalue weighted by atomic mass is 16.4. The molecule has 1 aliphatic rings. The van der Waals surface area contributed by atoms with Crippen LogP contribution in [0, 0.1) is 6.92 Å². The maximum Gasteiger partial charge on any atom is 0.309 e. The van der Waals surface area contributed by atoms with Gasteiger partial charge in [0.2, 0.25) is 0 Å². The summed E-state index contributed by atoms with van der Waals surface area (Å²) in [5, 5.41) is 8.70. The molecule has 1 aromatic rings. The summed E-state index contributed by atoms with van der Waals surface area (Å²) in [7, 11) is 0. The lowest BCUT2D eigenvalue weighted by molar-refractivity contribution is -0.136. The molecule has 1 N–H and O–H groups in total. The fraction of sp³-hybridized carbons (Fsp3) is 0.545. The van der Waals surface area contributed by atoms with E-state index in [1.165, 1.54) is 6.42 Å². The summed E-state index contributed by atoms with van der Waals surface area (Å²) in [6.45, 7) is 1.88. The van der Waals surface area contributed by atoms with Gasteiger partial charge in [-0.2, -0.15) is 0 Å². The molecule has 0 spiro atoms. The van der Waals surface area contributed by atoms with E-state index >= 15 is 0 Å². The molecule has 0 amide bonds. The molecule has 2 rings (SSSR count). The van der Waals surface area contributed by atoms with Crippen LogP contribution in [0.5, 0.6) is 0 Å². The summed E-state index contributed by atoms with van der Waals surface area (Å²) in [5.74, 6) is 0.447. The predicted molar refractivity (Wildman–Crippen MR) is 54.7 cm³/mol. The number of hydrogen-bond donors (Lipinski definition) is 1. The largest absolute Gasteiger partial charge is 0.481 e. The molecule has 0 atom stereocenters. The van der Waals surface area contributed by atoms with Crippen molar-refractivity contribution in [2.24, 2.45) is 0 Å². The molecule has 0 aromatic carbocycles. The van der Waals surface area contributed by atoms with Crippen LogP contribution in [0.4, 0.5) is 0 Å². The monoisotopic (exact) mass is 206 g/mol. The fourth-order valence-electron chi connectivity index (χ4n) is 1.75. The van der Waals surface area contributed by atoms with Gasteiger partial charge >= 0.3 is 5.97 Å². The Bertz CT molecular complexity index is 386.